The third-order valence-corrected chi connectivity index (χ3v) is 6.60. The molecular weight excluding hydrogens is 422 g/mol. The smallest absolute Gasteiger partial charge is 0.410 e. The lowest BCUT2D eigenvalue weighted by atomic mass is 9.92. The summed E-state index contributed by atoms with van der Waals surface area (Å²) in [6.07, 6.45) is 2.78. The summed E-state index contributed by atoms with van der Waals surface area (Å²) < 4.78 is 13.8. The summed E-state index contributed by atoms with van der Waals surface area (Å²) >= 11 is 0. The van der Waals surface area contributed by atoms with Crippen molar-refractivity contribution in [3.63, 3.8) is 0 Å². The van der Waals surface area contributed by atoms with Crippen molar-refractivity contribution in [2.45, 2.75) is 65.1 Å². The van der Waals surface area contributed by atoms with Gasteiger partial charge in [-0.2, -0.15) is 5.10 Å². The number of ether oxygens (including phenoxy) is 2. The molecule has 2 aromatic rings. The number of carbonyl (C=O) groups is 2. The summed E-state index contributed by atoms with van der Waals surface area (Å²) in [6.45, 7) is 13.2. The molecule has 0 saturated carbocycles. The fourth-order valence-corrected chi connectivity index (χ4v) is 4.92. The lowest BCUT2D eigenvalue weighted by Gasteiger charge is -2.49. The van der Waals surface area contributed by atoms with Crippen molar-refractivity contribution in [1.82, 2.24) is 14.9 Å². The van der Waals surface area contributed by atoms with E-state index >= 15 is 0 Å². The van der Waals surface area contributed by atoms with Gasteiger partial charge < -0.3 is 23.8 Å². The molecule has 1 atom stereocenters. The minimum Gasteiger partial charge on any atom is -0.483 e. The number of hydrazone groups is 1. The number of anilines is 1. The molecule has 176 valence electrons. The Morgan fingerprint density at radius 3 is 2.73 bits per heavy atom. The summed E-state index contributed by atoms with van der Waals surface area (Å²) in [4.78, 5) is 28.5. The Morgan fingerprint density at radius 1 is 1.33 bits per heavy atom. The van der Waals surface area contributed by atoms with Gasteiger partial charge in [-0.05, 0) is 58.7 Å². The molecule has 1 fully saturated rings. The topological polar surface area (TPSA) is 88.4 Å². The van der Waals surface area contributed by atoms with Gasteiger partial charge in [0.05, 0.1) is 16.7 Å². The highest BCUT2D eigenvalue weighted by Crippen LogP contribution is 2.42. The Kier molecular flexibility index (Phi) is 4.67. The number of aryl methyl sites for hydroxylation is 1. The average Bonchev–Trinajstić information content (AvgIpc) is 3.09. The van der Waals surface area contributed by atoms with Gasteiger partial charge in [-0.25, -0.2) is 10.2 Å². The zero-order valence-electron chi connectivity index (χ0n) is 20.1. The van der Waals surface area contributed by atoms with Crippen LogP contribution < -0.4 is 15.1 Å². The van der Waals surface area contributed by atoms with Gasteiger partial charge in [-0.15, -0.1) is 0 Å². The molecule has 0 spiro atoms. The number of carbonyl (C=O) groups excluding carboxylic acids is 2. The van der Waals surface area contributed by atoms with E-state index in [1.54, 1.807) is 4.90 Å². The molecule has 1 aromatic carbocycles. The Labute approximate surface area is 193 Å². The number of likely N-dealkylation sites (tertiary alicyclic amines) is 1. The second kappa shape index (κ2) is 7.13. The van der Waals surface area contributed by atoms with Crippen LogP contribution in [-0.4, -0.2) is 58.6 Å². The number of fused-ring (bicyclic) bond motifs is 4. The van der Waals surface area contributed by atoms with E-state index in [0.717, 1.165) is 28.8 Å². The van der Waals surface area contributed by atoms with Crippen LogP contribution in [0.4, 0.5) is 10.5 Å². The van der Waals surface area contributed by atoms with E-state index < -0.39 is 5.60 Å². The van der Waals surface area contributed by atoms with Crippen molar-refractivity contribution in [2.24, 2.45) is 5.10 Å². The first kappa shape index (κ1) is 21.6. The molecule has 1 aromatic heterocycles. The number of hydrogen-bond acceptors (Lipinski definition) is 6. The highest BCUT2D eigenvalue weighted by Gasteiger charge is 2.45. The van der Waals surface area contributed by atoms with Crippen molar-refractivity contribution in [3.8, 4) is 5.75 Å². The standard InChI is InChI=1S/C24H31N5O4/c1-7-15-10-28(24(6)12-27(13-24)22(31)33-23(3,4)5)17-9-18-19(8-16(15)17)32-11-20-25-26-21(30)14(2)29(18)20/h8-10,14H,7,11-13H2,1-6H3,(H,26,30). The molecule has 5 rings (SSSR count). The highest BCUT2D eigenvalue weighted by atomic mass is 16.6. The molecular formula is C24H31N5O4. The summed E-state index contributed by atoms with van der Waals surface area (Å²) in [7, 11) is 0. The first-order valence-electron chi connectivity index (χ1n) is 11.5. The molecule has 1 saturated heterocycles. The fraction of sp³-hybridized carbons (Fsp3) is 0.542. The second-order valence-corrected chi connectivity index (χ2v) is 10.4. The van der Waals surface area contributed by atoms with Crippen molar-refractivity contribution >= 4 is 34.4 Å². The van der Waals surface area contributed by atoms with Crippen LogP contribution in [0.1, 0.15) is 47.1 Å². The van der Waals surface area contributed by atoms with Crippen molar-refractivity contribution in [1.29, 1.82) is 0 Å². The zero-order chi connectivity index (χ0) is 23.7. The largest absolute Gasteiger partial charge is 0.483 e. The second-order valence-electron chi connectivity index (χ2n) is 10.4. The Morgan fingerprint density at radius 2 is 2.06 bits per heavy atom. The average molecular weight is 454 g/mol. The quantitative estimate of drug-likeness (QED) is 0.755. The maximum atomic E-state index is 12.5. The lowest BCUT2D eigenvalue weighted by Crippen LogP contribution is -2.63. The summed E-state index contributed by atoms with van der Waals surface area (Å²) in [5, 5.41) is 5.32. The molecule has 1 N–H and O–H groups in total. The lowest BCUT2D eigenvalue weighted by molar-refractivity contribution is -0.122. The van der Waals surface area contributed by atoms with Gasteiger partial charge in [-0.1, -0.05) is 6.92 Å². The van der Waals surface area contributed by atoms with Gasteiger partial charge in [0, 0.05) is 24.7 Å². The van der Waals surface area contributed by atoms with Crippen LogP contribution in [0.3, 0.4) is 0 Å². The van der Waals surface area contributed by atoms with Crippen LogP contribution in [0.25, 0.3) is 10.9 Å². The Balaban J connectivity index is 1.54. The predicted octanol–water partition coefficient (Wildman–Crippen LogP) is 3.20. The molecule has 4 heterocycles. The number of benzene rings is 1. The molecule has 0 radical (unpaired) electrons. The van der Waals surface area contributed by atoms with Crippen LogP contribution in [0.2, 0.25) is 0 Å². The maximum absolute atomic E-state index is 12.5. The van der Waals surface area contributed by atoms with E-state index in [1.165, 1.54) is 5.56 Å². The van der Waals surface area contributed by atoms with E-state index in [2.05, 4.69) is 47.3 Å². The number of rotatable bonds is 2. The highest BCUT2D eigenvalue weighted by molar-refractivity contribution is 6.10. The van der Waals surface area contributed by atoms with Gasteiger partial charge in [0.2, 0.25) is 0 Å². The SMILES string of the molecule is CCc1cn(C2(C)CN(C(=O)OC(C)(C)C)C2)c2cc3c(cc12)OCC1=NNC(=O)C(C)N13. The summed E-state index contributed by atoms with van der Waals surface area (Å²) in [5.74, 6) is 1.30. The van der Waals surface area contributed by atoms with Crippen molar-refractivity contribution in [2.75, 3.05) is 24.6 Å². The number of aromatic nitrogens is 1. The first-order chi connectivity index (χ1) is 15.5. The number of amides is 2. The fourth-order valence-electron chi connectivity index (χ4n) is 4.92. The predicted molar refractivity (Wildman–Crippen MR) is 126 cm³/mol. The Hall–Kier alpha value is -3.23. The Bertz CT molecular complexity index is 1190. The molecule has 3 aliphatic rings. The number of amidine groups is 1. The molecule has 2 amide bonds. The zero-order valence-corrected chi connectivity index (χ0v) is 20.1. The molecule has 9 nitrogen and oxygen atoms in total. The van der Waals surface area contributed by atoms with E-state index in [-0.39, 0.29) is 23.6 Å². The van der Waals surface area contributed by atoms with Crippen LogP contribution in [-0.2, 0) is 21.5 Å². The minimum absolute atomic E-state index is 0.143. The van der Waals surface area contributed by atoms with Crippen LogP contribution >= 0.6 is 0 Å². The van der Waals surface area contributed by atoms with Crippen LogP contribution in [0, 0.1) is 0 Å². The van der Waals surface area contributed by atoms with Gasteiger partial charge in [0.25, 0.3) is 5.91 Å². The van der Waals surface area contributed by atoms with Crippen LogP contribution in [0.5, 0.6) is 5.75 Å². The number of hydrogen-bond donors (Lipinski definition) is 1. The molecule has 9 heteroatoms. The molecule has 0 aliphatic carbocycles. The van der Waals surface area contributed by atoms with E-state index in [4.69, 9.17) is 9.47 Å². The van der Waals surface area contributed by atoms with Crippen LogP contribution in [0.15, 0.2) is 23.4 Å². The molecule has 33 heavy (non-hydrogen) atoms. The van der Waals surface area contributed by atoms with Gasteiger partial charge in [0.1, 0.15) is 24.0 Å². The minimum atomic E-state index is -0.519. The van der Waals surface area contributed by atoms with Gasteiger partial charge in [-0.3, -0.25) is 4.79 Å². The van der Waals surface area contributed by atoms with E-state index in [1.807, 2.05) is 32.6 Å². The third kappa shape index (κ3) is 3.41. The first-order valence-corrected chi connectivity index (χ1v) is 11.5. The summed E-state index contributed by atoms with van der Waals surface area (Å²) in [5.41, 5.74) is 4.91. The molecule has 1 unspecified atom stereocenters. The number of nitrogens with one attached hydrogen (secondary N) is 1. The monoisotopic (exact) mass is 453 g/mol. The number of nitrogens with zero attached hydrogens (tertiary/aromatic N) is 4. The van der Waals surface area contributed by atoms with Gasteiger partial charge >= 0.3 is 6.09 Å². The maximum Gasteiger partial charge on any atom is 0.410 e. The normalized spacial score (nSPS) is 21.5. The third-order valence-electron chi connectivity index (χ3n) is 6.60. The van der Waals surface area contributed by atoms with Crippen molar-refractivity contribution in [3.05, 3.63) is 23.9 Å². The molecule has 3 aliphatic heterocycles. The van der Waals surface area contributed by atoms with E-state index in [0.29, 0.717) is 25.5 Å². The summed E-state index contributed by atoms with van der Waals surface area (Å²) in [6, 6.07) is 3.78. The van der Waals surface area contributed by atoms with Crippen molar-refractivity contribution < 1.29 is 19.1 Å². The molecule has 0 bridgehead atoms. The van der Waals surface area contributed by atoms with Gasteiger partial charge in [0.15, 0.2) is 5.84 Å². The van der Waals surface area contributed by atoms with E-state index in [9.17, 15) is 9.59 Å².